The number of likely N-dealkylation sites (tertiary alicyclic amines) is 1. The number of aromatic amines is 1. The molecule has 1 aromatic carbocycles. The van der Waals surface area contributed by atoms with Crippen LogP contribution in [0.1, 0.15) is 28.0 Å². The molecule has 30 heavy (non-hydrogen) atoms. The van der Waals surface area contributed by atoms with E-state index in [1.165, 1.54) is 12.1 Å². The third-order valence-electron chi connectivity index (χ3n) is 5.87. The summed E-state index contributed by atoms with van der Waals surface area (Å²) in [6.07, 6.45) is 1.13. The maximum Gasteiger partial charge on any atom is 0.348 e. The number of carbonyl (C=O) groups is 1. The molecule has 0 spiro atoms. The average molecular weight is 451 g/mol. The molecule has 2 aliphatic rings. The summed E-state index contributed by atoms with van der Waals surface area (Å²) in [5.41, 5.74) is 0.721. The summed E-state index contributed by atoms with van der Waals surface area (Å²) in [5.74, 6) is -0.449. The van der Waals surface area contributed by atoms with E-state index in [0.717, 1.165) is 23.9 Å². The SMILES string of the molecule is O=C(c1cc(Cc2n[nH]c(=O)n3c(Cl)c(Cl)nc23)ccc1F)N1CCC2CNCC21. The van der Waals surface area contributed by atoms with Crippen molar-refractivity contribution in [3.8, 4) is 0 Å². The molecule has 2 N–H and O–H groups in total. The Labute approximate surface area is 180 Å². The lowest BCUT2D eigenvalue weighted by molar-refractivity contribution is 0.0732. The Morgan fingerprint density at radius 3 is 2.97 bits per heavy atom. The van der Waals surface area contributed by atoms with Gasteiger partial charge in [0.1, 0.15) is 11.5 Å². The van der Waals surface area contributed by atoms with Crippen molar-refractivity contribution < 1.29 is 9.18 Å². The minimum Gasteiger partial charge on any atom is -0.334 e. The van der Waals surface area contributed by atoms with Crippen LogP contribution in [0, 0.1) is 11.7 Å². The predicted octanol–water partition coefficient (Wildman–Crippen LogP) is 1.89. The van der Waals surface area contributed by atoms with Gasteiger partial charge in [-0.3, -0.25) is 4.79 Å². The molecule has 2 unspecified atom stereocenters. The molecule has 3 aromatic rings. The van der Waals surface area contributed by atoms with Gasteiger partial charge < -0.3 is 10.2 Å². The molecule has 5 rings (SSSR count). The molecule has 2 atom stereocenters. The largest absolute Gasteiger partial charge is 0.348 e. The molecule has 11 heteroatoms. The Balaban J connectivity index is 1.48. The third-order valence-corrected chi connectivity index (χ3v) is 6.58. The number of halogens is 3. The second kappa shape index (κ2) is 7.33. The van der Waals surface area contributed by atoms with E-state index in [0.29, 0.717) is 23.7 Å². The van der Waals surface area contributed by atoms with Gasteiger partial charge in [-0.2, -0.15) is 5.10 Å². The number of aromatic nitrogens is 4. The number of carbonyl (C=O) groups excluding carboxylic acids is 1. The average Bonchev–Trinajstić information content (AvgIpc) is 3.41. The second-order valence-corrected chi connectivity index (χ2v) is 8.31. The van der Waals surface area contributed by atoms with Crippen molar-refractivity contribution in [3.05, 3.63) is 61.6 Å². The third kappa shape index (κ3) is 3.08. The van der Waals surface area contributed by atoms with Crippen LogP contribution in [-0.2, 0) is 6.42 Å². The van der Waals surface area contributed by atoms with Gasteiger partial charge in [0.2, 0.25) is 0 Å². The van der Waals surface area contributed by atoms with E-state index in [2.05, 4.69) is 20.5 Å². The lowest BCUT2D eigenvalue weighted by atomic mass is 10.0. The summed E-state index contributed by atoms with van der Waals surface area (Å²) < 4.78 is 15.7. The topological polar surface area (TPSA) is 95.4 Å². The highest BCUT2D eigenvalue weighted by atomic mass is 35.5. The number of nitrogens with one attached hydrogen (secondary N) is 2. The van der Waals surface area contributed by atoms with Gasteiger partial charge in [0.15, 0.2) is 16.0 Å². The monoisotopic (exact) mass is 450 g/mol. The molecule has 2 aliphatic heterocycles. The van der Waals surface area contributed by atoms with Gasteiger partial charge in [0.25, 0.3) is 5.91 Å². The zero-order valence-corrected chi connectivity index (χ0v) is 17.2. The fourth-order valence-corrected chi connectivity index (χ4v) is 4.75. The van der Waals surface area contributed by atoms with Crippen LogP contribution in [0.5, 0.6) is 0 Å². The molecule has 0 aliphatic carbocycles. The molecule has 4 heterocycles. The van der Waals surface area contributed by atoms with Crippen LogP contribution in [0.2, 0.25) is 10.3 Å². The number of imidazole rings is 1. The highest BCUT2D eigenvalue weighted by Crippen LogP contribution is 2.29. The van der Waals surface area contributed by atoms with E-state index in [4.69, 9.17) is 23.2 Å². The van der Waals surface area contributed by atoms with Crippen LogP contribution in [-0.4, -0.2) is 56.1 Å². The summed E-state index contributed by atoms with van der Waals surface area (Å²) in [7, 11) is 0. The van der Waals surface area contributed by atoms with Crippen LogP contribution in [0.25, 0.3) is 5.65 Å². The molecule has 0 radical (unpaired) electrons. The molecule has 0 saturated carbocycles. The molecule has 0 bridgehead atoms. The highest BCUT2D eigenvalue weighted by molar-refractivity contribution is 6.40. The summed E-state index contributed by atoms with van der Waals surface area (Å²) in [5, 5.41) is 9.66. The van der Waals surface area contributed by atoms with Gasteiger partial charge in [0, 0.05) is 32.1 Å². The van der Waals surface area contributed by atoms with Crippen LogP contribution in [0.4, 0.5) is 4.39 Å². The lowest BCUT2D eigenvalue weighted by Crippen LogP contribution is -2.39. The molecule has 1 amide bonds. The van der Waals surface area contributed by atoms with Crippen molar-refractivity contribution in [2.24, 2.45) is 5.92 Å². The van der Waals surface area contributed by atoms with E-state index in [-0.39, 0.29) is 39.9 Å². The van der Waals surface area contributed by atoms with Crippen molar-refractivity contribution in [2.75, 3.05) is 19.6 Å². The summed E-state index contributed by atoms with van der Waals surface area (Å²) >= 11 is 12.0. The molecule has 156 valence electrons. The van der Waals surface area contributed by atoms with Crippen LogP contribution >= 0.6 is 23.2 Å². The lowest BCUT2D eigenvalue weighted by Gasteiger charge is -2.24. The van der Waals surface area contributed by atoms with Crippen LogP contribution < -0.4 is 11.0 Å². The van der Waals surface area contributed by atoms with E-state index in [1.807, 2.05) is 0 Å². The summed E-state index contributed by atoms with van der Waals surface area (Å²) in [4.78, 5) is 30.9. The van der Waals surface area contributed by atoms with Gasteiger partial charge in [0.05, 0.1) is 5.56 Å². The Bertz CT molecular complexity index is 1230. The standard InChI is InChI=1S/C19H17Cl2FN6O2/c20-15-16(21)28-17(24-15)13(25-26-19(28)30)6-9-1-2-12(22)11(5-9)18(29)27-4-3-10-7-23-8-14(10)27/h1-2,5,10,14,23H,3-4,6-8H2,(H,26,30). The minimum absolute atomic E-state index is 0.0136. The second-order valence-electron chi connectivity index (χ2n) is 7.59. The van der Waals surface area contributed by atoms with Crippen molar-refractivity contribution >= 4 is 34.8 Å². The maximum absolute atomic E-state index is 14.5. The maximum atomic E-state index is 14.5. The number of benzene rings is 1. The molecule has 2 aromatic heterocycles. The van der Waals surface area contributed by atoms with Gasteiger partial charge >= 0.3 is 5.69 Å². The molecule has 8 nitrogen and oxygen atoms in total. The first-order valence-electron chi connectivity index (χ1n) is 9.55. The van der Waals surface area contributed by atoms with Gasteiger partial charge in [-0.25, -0.2) is 23.7 Å². The zero-order valence-electron chi connectivity index (χ0n) is 15.7. The number of rotatable bonds is 3. The summed E-state index contributed by atoms with van der Waals surface area (Å²) in [6.45, 7) is 2.26. The van der Waals surface area contributed by atoms with Gasteiger partial charge in [-0.1, -0.05) is 29.3 Å². The normalized spacial score (nSPS) is 20.8. The number of nitrogens with zero attached hydrogens (tertiary/aromatic N) is 4. The fraction of sp³-hybridized carbons (Fsp3) is 0.368. The molecule has 2 saturated heterocycles. The first kappa shape index (κ1) is 19.5. The Morgan fingerprint density at radius 1 is 1.30 bits per heavy atom. The smallest absolute Gasteiger partial charge is 0.334 e. The fourth-order valence-electron chi connectivity index (χ4n) is 4.38. The molecule has 2 fully saturated rings. The number of hydrogen-bond acceptors (Lipinski definition) is 5. The van der Waals surface area contributed by atoms with Crippen LogP contribution in [0.15, 0.2) is 23.0 Å². The number of amides is 1. The van der Waals surface area contributed by atoms with Crippen molar-refractivity contribution in [2.45, 2.75) is 18.9 Å². The van der Waals surface area contributed by atoms with Gasteiger partial charge in [-0.15, -0.1) is 0 Å². The summed E-state index contributed by atoms with van der Waals surface area (Å²) in [6, 6.07) is 4.49. The van der Waals surface area contributed by atoms with E-state index in [9.17, 15) is 14.0 Å². The Morgan fingerprint density at radius 2 is 2.13 bits per heavy atom. The van der Waals surface area contributed by atoms with Crippen LogP contribution in [0.3, 0.4) is 0 Å². The highest BCUT2D eigenvalue weighted by Gasteiger charge is 2.40. The van der Waals surface area contributed by atoms with Crippen molar-refractivity contribution in [1.29, 1.82) is 0 Å². The minimum atomic E-state index is -0.568. The number of fused-ring (bicyclic) bond motifs is 2. The first-order chi connectivity index (χ1) is 14.4. The van der Waals surface area contributed by atoms with Gasteiger partial charge in [-0.05, 0) is 30.0 Å². The van der Waals surface area contributed by atoms with E-state index >= 15 is 0 Å². The first-order valence-corrected chi connectivity index (χ1v) is 10.3. The molecular formula is C19H17Cl2FN6O2. The Hall–Kier alpha value is -2.49. The predicted molar refractivity (Wildman–Crippen MR) is 109 cm³/mol. The van der Waals surface area contributed by atoms with E-state index < -0.39 is 11.5 Å². The quantitative estimate of drug-likeness (QED) is 0.635. The Kier molecular flexibility index (Phi) is 4.76. The van der Waals surface area contributed by atoms with Crippen molar-refractivity contribution in [3.63, 3.8) is 0 Å². The number of H-pyrrole nitrogens is 1. The zero-order chi connectivity index (χ0) is 21.0. The number of hydrogen-bond donors (Lipinski definition) is 2. The van der Waals surface area contributed by atoms with Crippen molar-refractivity contribution in [1.82, 2.24) is 29.8 Å². The van der Waals surface area contributed by atoms with E-state index in [1.54, 1.807) is 11.0 Å². The molecular weight excluding hydrogens is 434 g/mol.